The fraction of sp³-hybridized carbons (Fsp3) is 0.308. The second-order valence-corrected chi connectivity index (χ2v) is 6.07. The molecule has 0 spiro atoms. The van der Waals surface area contributed by atoms with Crippen molar-refractivity contribution in [1.82, 2.24) is 4.90 Å². The summed E-state index contributed by atoms with van der Waals surface area (Å²) in [4.78, 5) is 13.0. The minimum absolute atomic E-state index is 0.310. The molecule has 2 nitrogen and oxygen atoms in total. The number of alkyl halides is 3. The van der Waals surface area contributed by atoms with E-state index in [1.807, 2.05) is 0 Å². The van der Waals surface area contributed by atoms with Gasteiger partial charge in [0, 0.05) is 20.8 Å². The number of hydrogen-bond donors (Lipinski definition) is 0. The number of rotatable bonds is 3. The Morgan fingerprint density at radius 1 is 1.45 bits per heavy atom. The molecule has 0 bridgehead atoms. The molecule has 1 aliphatic rings. The first kappa shape index (κ1) is 15.7. The standard InChI is InChI=1S/C13H10BrCl2F2NO/c14-9-5-7(15)1-2-8(9)11-4-3-10(16)13(20)19(11)6-12(17)18/h1-2,4-5,10,12H,3,6H2. The number of allylic oxidation sites excluding steroid dienone is 1. The van der Waals surface area contributed by atoms with Gasteiger partial charge in [-0.1, -0.05) is 39.7 Å². The molecule has 20 heavy (non-hydrogen) atoms. The zero-order chi connectivity index (χ0) is 14.9. The molecule has 1 aromatic carbocycles. The topological polar surface area (TPSA) is 20.3 Å². The van der Waals surface area contributed by atoms with E-state index in [0.29, 0.717) is 27.2 Å². The minimum atomic E-state index is -2.63. The molecule has 2 rings (SSSR count). The fourth-order valence-electron chi connectivity index (χ4n) is 1.99. The van der Waals surface area contributed by atoms with Gasteiger partial charge in [-0.15, -0.1) is 11.6 Å². The summed E-state index contributed by atoms with van der Waals surface area (Å²) in [5.41, 5.74) is 1.06. The van der Waals surface area contributed by atoms with E-state index >= 15 is 0 Å². The highest BCUT2D eigenvalue weighted by Gasteiger charge is 2.32. The molecule has 1 atom stereocenters. The van der Waals surface area contributed by atoms with Crippen LogP contribution in [0, 0.1) is 0 Å². The molecule has 1 aromatic rings. The molecule has 1 aliphatic heterocycles. The Morgan fingerprint density at radius 2 is 2.15 bits per heavy atom. The smallest absolute Gasteiger partial charge is 0.256 e. The van der Waals surface area contributed by atoms with E-state index in [9.17, 15) is 13.6 Å². The van der Waals surface area contributed by atoms with Crippen molar-refractivity contribution in [2.75, 3.05) is 6.54 Å². The van der Waals surface area contributed by atoms with Gasteiger partial charge in [0.1, 0.15) is 5.38 Å². The Bertz CT molecular complexity index is 565. The molecule has 7 heteroatoms. The molecular formula is C13H10BrCl2F2NO. The molecule has 1 unspecified atom stereocenters. The zero-order valence-electron chi connectivity index (χ0n) is 10.1. The van der Waals surface area contributed by atoms with Crippen molar-refractivity contribution in [3.05, 3.63) is 39.3 Å². The molecule has 1 amide bonds. The second kappa shape index (κ2) is 6.41. The van der Waals surface area contributed by atoms with Crippen molar-refractivity contribution >= 4 is 50.7 Å². The Hall–Kier alpha value is -0.650. The highest BCUT2D eigenvalue weighted by atomic mass is 79.9. The summed E-state index contributed by atoms with van der Waals surface area (Å²) < 4.78 is 26.0. The van der Waals surface area contributed by atoms with Gasteiger partial charge in [0.15, 0.2) is 0 Å². The molecule has 0 saturated heterocycles. The van der Waals surface area contributed by atoms with Crippen molar-refractivity contribution in [3.8, 4) is 0 Å². The van der Waals surface area contributed by atoms with E-state index in [-0.39, 0.29) is 0 Å². The highest BCUT2D eigenvalue weighted by molar-refractivity contribution is 9.10. The largest absolute Gasteiger partial charge is 0.305 e. The number of carbonyl (C=O) groups is 1. The van der Waals surface area contributed by atoms with Crippen LogP contribution >= 0.6 is 39.1 Å². The predicted octanol–water partition coefficient (Wildman–Crippen LogP) is 4.55. The number of hydrogen-bond acceptors (Lipinski definition) is 1. The first-order chi connectivity index (χ1) is 9.40. The Labute approximate surface area is 133 Å². The van der Waals surface area contributed by atoms with Crippen LogP contribution in [0.2, 0.25) is 5.02 Å². The third-order valence-corrected chi connectivity index (χ3v) is 4.13. The maximum atomic E-state index is 12.7. The molecule has 1 heterocycles. The first-order valence-corrected chi connectivity index (χ1v) is 7.40. The number of halogens is 5. The van der Waals surface area contributed by atoms with Crippen molar-refractivity contribution < 1.29 is 13.6 Å². The van der Waals surface area contributed by atoms with Crippen LogP contribution in [0.3, 0.4) is 0 Å². The summed E-state index contributed by atoms with van der Waals surface area (Å²) in [6, 6.07) is 4.97. The summed E-state index contributed by atoms with van der Waals surface area (Å²) in [6.45, 7) is -0.678. The second-order valence-electron chi connectivity index (χ2n) is 4.26. The van der Waals surface area contributed by atoms with Crippen molar-refractivity contribution in [2.24, 2.45) is 0 Å². The number of amides is 1. The lowest BCUT2D eigenvalue weighted by Gasteiger charge is -2.31. The highest BCUT2D eigenvalue weighted by Crippen LogP contribution is 2.34. The van der Waals surface area contributed by atoms with E-state index in [4.69, 9.17) is 23.2 Å². The minimum Gasteiger partial charge on any atom is -0.305 e. The molecular weight excluding hydrogens is 375 g/mol. The van der Waals surface area contributed by atoms with Gasteiger partial charge in [-0.05, 0) is 18.6 Å². The average Bonchev–Trinajstić information content (AvgIpc) is 2.36. The van der Waals surface area contributed by atoms with Crippen LogP contribution in [0.4, 0.5) is 8.78 Å². The Balaban J connectivity index is 2.43. The number of benzene rings is 1. The summed E-state index contributed by atoms with van der Waals surface area (Å²) >= 11 is 15.0. The lowest BCUT2D eigenvalue weighted by Crippen LogP contribution is -2.41. The maximum Gasteiger partial charge on any atom is 0.256 e. The summed E-state index contributed by atoms with van der Waals surface area (Å²) in [7, 11) is 0. The molecule has 108 valence electrons. The SMILES string of the molecule is O=C1C(Cl)CC=C(c2ccc(Cl)cc2Br)N1CC(F)F. The van der Waals surface area contributed by atoms with Gasteiger partial charge in [0.25, 0.3) is 6.43 Å². The Morgan fingerprint density at radius 3 is 2.75 bits per heavy atom. The Kier molecular flexibility index (Phi) is 5.04. The quantitative estimate of drug-likeness (QED) is 0.700. The monoisotopic (exact) mass is 383 g/mol. The van der Waals surface area contributed by atoms with Crippen molar-refractivity contribution in [2.45, 2.75) is 18.2 Å². The summed E-state index contributed by atoms with van der Waals surface area (Å²) in [5.74, 6) is -0.508. The van der Waals surface area contributed by atoms with Crippen LogP contribution in [0.5, 0.6) is 0 Å². The number of carbonyl (C=O) groups excluding carboxylic acids is 1. The van der Waals surface area contributed by atoms with Gasteiger partial charge in [0.05, 0.1) is 6.54 Å². The van der Waals surface area contributed by atoms with Gasteiger partial charge in [-0.2, -0.15) is 0 Å². The maximum absolute atomic E-state index is 12.7. The van der Waals surface area contributed by atoms with Gasteiger partial charge in [-0.25, -0.2) is 8.78 Å². The van der Waals surface area contributed by atoms with Crippen LogP contribution < -0.4 is 0 Å². The molecule has 0 N–H and O–H groups in total. The van der Waals surface area contributed by atoms with E-state index in [1.54, 1.807) is 24.3 Å². The third-order valence-electron chi connectivity index (χ3n) is 2.87. The average molecular weight is 385 g/mol. The van der Waals surface area contributed by atoms with Crippen molar-refractivity contribution in [3.63, 3.8) is 0 Å². The summed E-state index contributed by atoms with van der Waals surface area (Å²) in [5, 5.41) is -0.289. The molecule has 0 fully saturated rings. The van der Waals surface area contributed by atoms with Crippen LogP contribution in [-0.2, 0) is 4.79 Å². The van der Waals surface area contributed by atoms with Crippen molar-refractivity contribution in [1.29, 1.82) is 0 Å². The van der Waals surface area contributed by atoms with Crippen LogP contribution in [0.25, 0.3) is 5.70 Å². The van der Waals surface area contributed by atoms with Gasteiger partial charge in [-0.3, -0.25) is 4.79 Å². The van der Waals surface area contributed by atoms with Gasteiger partial charge >= 0.3 is 0 Å². The lowest BCUT2D eigenvalue weighted by molar-refractivity contribution is -0.129. The lowest BCUT2D eigenvalue weighted by atomic mass is 10.0. The molecule has 0 radical (unpaired) electrons. The van der Waals surface area contributed by atoms with Gasteiger partial charge in [0.2, 0.25) is 5.91 Å². The van der Waals surface area contributed by atoms with E-state index in [1.165, 1.54) is 0 Å². The first-order valence-electron chi connectivity index (χ1n) is 5.79. The van der Waals surface area contributed by atoms with E-state index in [0.717, 1.165) is 4.90 Å². The van der Waals surface area contributed by atoms with Crippen LogP contribution in [0.1, 0.15) is 12.0 Å². The van der Waals surface area contributed by atoms with Gasteiger partial charge < -0.3 is 4.90 Å². The molecule has 0 saturated carbocycles. The normalized spacial score (nSPS) is 19.5. The number of nitrogens with zero attached hydrogens (tertiary/aromatic N) is 1. The third kappa shape index (κ3) is 3.32. The van der Waals surface area contributed by atoms with Crippen LogP contribution in [0.15, 0.2) is 28.7 Å². The van der Waals surface area contributed by atoms with Crippen LogP contribution in [-0.4, -0.2) is 29.2 Å². The zero-order valence-corrected chi connectivity index (χ0v) is 13.2. The molecule has 0 aliphatic carbocycles. The summed E-state index contributed by atoms with van der Waals surface area (Å²) in [6.07, 6.45) is -0.629. The fourth-order valence-corrected chi connectivity index (χ4v) is 3.09. The van der Waals surface area contributed by atoms with E-state index in [2.05, 4.69) is 15.9 Å². The predicted molar refractivity (Wildman–Crippen MR) is 79.1 cm³/mol. The molecule has 0 aromatic heterocycles. The van der Waals surface area contributed by atoms with E-state index < -0.39 is 24.3 Å².